The first-order valence-corrected chi connectivity index (χ1v) is 10.3. The molecule has 0 unspecified atom stereocenters. The Bertz CT molecular complexity index is 1090. The Labute approximate surface area is 192 Å². The fourth-order valence-electron chi connectivity index (χ4n) is 2.84. The van der Waals surface area contributed by atoms with Gasteiger partial charge in [-0.2, -0.15) is 5.10 Å². The highest BCUT2D eigenvalue weighted by molar-refractivity contribution is 7.80. The highest BCUT2D eigenvalue weighted by atomic mass is 32.1. The minimum atomic E-state index is -0.118. The van der Waals surface area contributed by atoms with Gasteiger partial charge in [-0.25, -0.2) is 0 Å². The second-order valence-corrected chi connectivity index (χ2v) is 7.16. The number of ether oxygens (including phenoxy) is 2. The predicted octanol–water partition coefficient (Wildman–Crippen LogP) is 4.55. The van der Waals surface area contributed by atoms with E-state index < -0.39 is 0 Å². The molecule has 32 heavy (non-hydrogen) atoms. The lowest BCUT2D eigenvalue weighted by Gasteiger charge is -2.12. The van der Waals surface area contributed by atoms with Gasteiger partial charge >= 0.3 is 0 Å². The minimum Gasteiger partial charge on any atom is -0.496 e. The van der Waals surface area contributed by atoms with E-state index in [0.717, 1.165) is 16.8 Å². The molecule has 0 bridgehead atoms. The first kappa shape index (κ1) is 22.8. The van der Waals surface area contributed by atoms with Gasteiger partial charge < -0.3 is 20.1 Å². The van der Waals surface area contributed by atoms with Crippen LogP contribution in [0.1, 0.15) is 18.1 Å². The van der Waals surface area contributed by atoms with Gasteiger partial charge in [0.25, 0.3) is 0 Å². The van der Waals surface area contributed by atoms with Gasteiger partial charge in [-0.05, 0) is 72.4 Å². The molecule has 164 valence electrons. The van der Waals surface area contributed by atoms with E-state index in [-0.39, 0.29) is 5.91 Å². The normalized spacial score (nSPS) is 10.4. The van der Waals surface area contributed by atoms with Crippen LogP contribution < -0.4 is 25.5 Å². The molecule has 3 N–H and O–H groups in total. The van der Waals surface area contributed by atoms with Crippen molar-refractivity contribution in [2.75, 3.05) is 17.7 Å². The first-order chi connectivity index (χ1) is 15.5. The average molecular weight is 449 g/mol. The maximum atomic E-state index is 11.1. The molecule has 8 heteroatoms. The molecule has 0 radical (unpaired) electrons. The highest BCUT2D eigenvalue weighted by Gasteiger charge is 2.06. The number of nitrogens with zero attached hydrogens (tertiary/aromatic N) is 1. The Kier molecular flexibility index (Phi) is 8.16. The fraction of sp³-hybridized carbons (Fsp3) is 0.125. The Morgan fingerprint density at radius 3 is 2.41 bits per heavy atom. The van der Waals surface area contributed by atoms with Crippen molar-refractivity contribution in [3.63, 3.8) is 0 Å². The Hall–Kier alpha value is -3.91. The van der Waals surface area contributed by atoms with Crippen LogP contribution >= 0.6 is 12.2 Å². The van der Waals surface area contributed by atoms with E-state index in [9.17, 15) is 4.79 Å². The highest BCUT2D eigenvalue weighted by Crippen LogP contribution is 2.23. The quantitative estimate of drug-likeness (QED) is 0.266. The zero-order valence-corrected chi connectivity index (χ0v) is 18.6. The second kappa shape index (κ2) is 11.5. The number of methoxy groups -OCH3 is 1. The summed E-state index contributed by atoms with van der Waals surface area (Å²) in [6.07, 6.45) is 1.67. The Morgan fingerprint density at radius 1 is 1.00 bits per heavy atom. The number of amides is 1. The van der Waals surface area contributed by atoms with Gasteiger partial charge in [-0.1, -0.05) is 18.2 Å². The van der Waals surface area contributed by atoms with Gasteiger partial charge in [0.2, 0.25) is 5.91 Å². The van der Waals surface area contributed by atoms with Crippen molar-refractivity contribution in [2.45, 2.75) is 13.5 Å². The Balaban J connectivity index is 1.59. The third-order valence-electron chi connectivity index (χ3n) is 4.28. The number of anilines is 2. The number of benzene rings is 3. The summed E-state index contributed by atoms with van der Waals surface area (Å²) < 4.78 is 11.3. The summed E-state index contributed by atoms with van der Waals surface area (Å²) in [5, 5.41) is 10.4. The maximum Gasteiger partial charge on any atom is 0.221 e. The number of hydrazone groups is 1. The molecule has 3 aromatic rings. The van der Waals surface area contributed by atoms with Gasteiger partial charge in [-0.3, -0.25) is 10.2 Å². The van der Waals surface area contributed by atoms with E-state index in [1.165, 1.54) is 6.92 Å². The summed E-state index contributed by atoms with van der Waals surface area (Å²) >= 11 is 5.25. The number of hydrogen-bond donors (Lipinski definition) is 3. The van der Waals surface area contributed by atoms with Crippen LogP contribution in [0.5, 0.6) is 11.5 Å². The molecule has 0 aliphatic rings. The lowest BCUT2D eigenvalue weighted by molar-refractivity contribution is -0.114. The zero-order valence-electron chi connectivity index (χ0n) is 17.8. The van der Waals surface area contributed by atoms with Crippen molar-refractivity contribution < 1.29 is 14.3 Å². The molecule has 3 aromatic carbocycles. The van der Waals surface area contributed by atoms with Crippen molar-refractivity contribution in [1.29, 1.82) is 0 Å². The molecular weight excluding hydrogens is 424 g/mol. The number of hydrogen-bond acceptors (Lipinski definition) is 5. The molecule has 0 aliphatic heterocycles. The van der Waals surface area contributed by atoms with Crippen molar-refractivity contribution in [1.82, 2.24) is 5.43 Å². The molecule has 0 aromatic heterocycles. The SMILES string of the molecule is COc1ccc(/C=N/NC(=S)Nc2ccccc2)cc1COc1ccc(NC(C)=O)cc1. The lowest BCUT2D eigenvalue weighted by atomic mass is 10.1. The van der Waals surface area contributed by atoms with Crippen LogP contribution in [0.15, 0.2) is 77.9 Å². The number of rotatable bonds is 8. The smallest absolute Gasteiger partial charge is 0.221 e. The minimum absolute atomic E-state index is 0.118. The van der Waals surface area contributed by atoms with E-state index >= 15 is 0 Å². The van der Waals surface area contributed by atoms with Crippen LogP contribution in [-0.4, -0.2) is 24.3 Å². The number of thiocarbonyl (C=S) groups is 1. The van der Waals surface area contributed by atoms with Gasteiger partial charge in [0.1, 0.15) is 18.1 Å². The zero-order chi connectivity index (χ0) is 22.8. The third kappa shape index (κ3) is 7.10. The summed E-state index contributed by atoms with van der Waals surface area (Å²) in [7, 11) is 1.62. The summed E-state index contributed by atoms with van der Waals surface area (Å²) in [6.45, 7) is 1.78. The fourth-order valence-corrected chi connectivity index (χ4v) is 3.01. The monoisotopic (exact) mass is 448 g/mol. The average Bonchev–Trinajstić information content (AvgIpc) is 2.79. The van der Waals surface area contributed by atoms with E-state index in [0.29, 0.717) is 28.9 Å². The van der Waals surface area contributed by atoms with E-state index in [2.05, 4.69) is 21.2 Å². The van der Waals surface area contributed by atoms with Crippen LogP contribution in [0.25, 0.3) is 0 Å². The van der Waals surface area contributed by atoms with Gasteiger partial charge in [-0.15, -0.1) is 0 Å². The van der Waals surface area contributed by atoms with E-state index in [4.69, 9.17) is 21.7 Å². The largest absolute Gasteiger partial charge is 0.496 e. The van der Waals surface area contributed by atoms with Crippen molar-refractivity contribution >= 4 is 40.8 Å². The third-order valence-corrected chi connectivity index (χ3v) is 4.48. The molecule has 0 spiro atoms. The number of carbonyl (C=O) groups excluding carboxylic acids is 1. The van der Waals surface area contributed by atoms with Crippen molar-refractivity contribution in [3.8, 4) is 11.5 Å². The molecule has 0 saturated heterocycles. The molecule has 3 rings (SSSR count). The summed E-state index contributed by atoms with van der Waals surface area (Å²) in [5.41, 5.74) is 6.13. The summed E-state index contributed by atoms with van der Waals surface area (Å²) in [4.78, 5) is 11.1. The topological polar surface area (TPSA) is 84.0 Å². The predicted molar refractivity (Wildman–Crippen MR) is 131 cm³/mol. The molecular formula is C24H24N4O3S. The maximum absolute atomic E-state index is 11.1. The molecule has 7 nitrogen and oxygen atoms in total. The van der Waals surface area contributed by atoms with Gasteiger partial charge in [0.15, 0.2) is 5.11 Å². The van der Waals surface area contributed by atoms with E-state index in [1.54, 1.807) is 37.6 Å². The van der Waals surface area contributed by atoms with Gasteiger partial charge in [0.05, 0.1) is 13.3 Å². The summed E-state index contributed by atoms with van der Waals surface area (Å²) in [6, 6.07) is 22.5. The van der Waals surface area contributed by atoms with Gasteiger partial charge in [0, 0.05) is 23.9 Å². The molecule has 1 amide bonds. The molecule has 0 fully saturated rings. The van der Waals surface area contributed by atoms with Crippen LogP contribution in [-0.2, 0) is 11.4 Å². The summed E-state index contributed by atoms with van der Waals surface area (Å²) in [5.74, 6) is 1.28. The van der Waals surface area contributed by atoms with Crippen LogP contribution in [0.4, 0.5) is 11.4 Å². The molecule has 0 saturated carbocycles. The second-order valence-electron chi connectivity index (χ2n) is 6.76. The lowest BCUT2D eigenvalue weighted by Crippen LogP contribution is -2.23. The van der Waals surface area contributed by atoms with Crippen LogP contribution in [0.2, 0.25) is 0 Å². The Morgan fingerprint density at radius 2 is 1.72 bits per heavy atom. The number of nitrogens with one attached hydrogen (secondary N) is 3. The molecule has 0 atom stereocenters. The van der Waals surface area contributed by atoms with Crippen LogP contribution in [0.3, 0.4) is 0 Å². The molecule has 0 aliphatic carbocycles. The van der Waals surface area contributed by atoms with Crippen molar-refractivity contribution in [2.24, 2.45) is 5.10 Å². The van der Waals surface area contributed by atoms with Crippen molar-refractivity contribution in [3.05, 3.63) is 83.9 Å². The standard InChI is InChI=1S/C24H24N4O3S/c1-17(29)26-21-9-11-22(12-10-21)31-16-19-14-18(8-13-23(19)30-2)15-25-28-24(32)27-20-6-4-3-5-7-20/h3-15H,16H2,1-2H3,(H,26,29)(H2,27,28,32)/b25-15+. The number of para-hydroxylation sites is 1. The van der Waals surface area contributed by atoms with E-state index in [1.807, 2.05) is 48.5 Å². The van der Waals surface area contributed by atoms with Crippen LogP contribution in [0, 0.1) is 0 Å². The molecule has 0 heterocycles. The first-order valence-electron chi connectivity index (χ1n) is 9.86. The number of carbonyl (C=O) groups is 1.